The Labute approximate surface area is 165 Å². The van der Waals surface area contributed by atoms with Gasteiger partial charge in [-0.3, -0.25) is 4.79 Å². The van der Waals surface area contributed by atoms with E-state index in [0.717, 1.165) is 21.9 Å². The number of aromatic hydroxyl groups is 1. The first kappa shape index (κ1) is 18.7. The Kier molecular flexibility index (Phi) is 4.49. The summed E-state index contributed by atoms with van der Waals surface area (Å²) in [6, 6.07) is 12.5. The highest BCUT2D eigenvalue weighted by atomic mass is 32.2. The third kappa shape index (κ3) is 3.30. The quantitative estimate of drug-likeness (QED) is 0.386. The maximum atomic E-state index is 12.3. The summed E-state index contributed by atoms with van der Waals surface area (Å²) >= 11 is 1.36. The molecule has 28 heavy (non-hydrogen) atoms. The SMILES string of the molecule is CC(CS(=N)(=O)O)c1ccc(-c2c(O)ccc3[nH]c(=O)c4sccc4c23)cc1. The van der Waals surface area contributed by atoms with E-state index in [0.29, 0.717) is 15.8 Å². The highest BCUT2D eigenvalue weighted by Crippen LogP contribution is 2.39. The number of hydrogen-bond donors (Lipinski definition) is 4. The fraction of sp³-hybridized carbons (Fsp3) is 0.150. The number of benzene rings is 2. The Balaban J connectivity index is 1.89. The average molecular weight is 415 g/mol. The molecule has 0 spiro atoms. The van der Waals surface area contributed by atoms with Crippen LogP contribution in [-0.2, 0) is 10.0 Å². The minimum absolute atomic E-state index is 0.109. The van der Waals surface area contributed by atoms with E-state index in [9.17, 15) is 18.7 Å². The van der Waals surface area contributed by atoms with Gasteiger partial charge in [-0.05, 0) is 40.6 Å². The molecule has 0 aliphatic carbocycles. The summed E-state index contributed by atoms with van der Waals surface area (Å²) in [5.74, 6) is -0.273. The highest BCUT2D eigenvalue weighted by molar-refractivity contribution is 7.86. The molecule has 2 aromatic carbocycles. The number of aromatic nitrogens is 1. The first-order chi connectivity index (χ1) is 13.2. The molecule has 8 heteroatoms. The van der Waals surface area contributed by atoms with Crippen molar-refractivity contribution in [1.82, 2.24) is 4.98 Å². The minimum Gasteiger partial charge on any atom is -0.507 e. The lowest BCUT2D eigenvalue weighted by Crippen LogP contribution is -2.09. The smallest absolute Gasteiger partial charge is 0.266 e. The van der Waals surface area contributed by atoms with E-state index in [1.807, 2.05) is 35.7 Å². The number of phenolic OH excluding ortho intramolecular Hbond substituents is 1. The van der Waals surface area contributed by atoms with Gasteiger partial charge in [0.05, 0.1) is 5.75 Å². The van der Waals surface area contributed by atoms with E-state index in [1.54, 1.807) is 19.1 Å². The Morgan fingerprint density at radius 3 is 2.57 bits per heavy atom. The van der Waals surface area contributed by atoms with Crippen LogP contribution in [0, 0.1) is 4.78 Å². The lowest BCUT2D eigenvalue weighted by Gasteiger charge is -2.14. The monoisotopic (exact) mass is 414 g/mol. The number of nitrogens with one attached hydrogen (secondary N) is 2. The van der Waals surface area contributed by atoms with E-state index in [2.05, 4.69) is 4.98 Å². The van der Waals surface area contributed by atoms with Gasteiger partial charge in [0.2, 0.25) is 0 Å². The second-order valence-corrected chi connectivity index (χ2v) is 9.36. The van der Waals surface area contributed by atoms with Crippen molar-refractivity contribution in [2.45, 2.75) is 12.8 Å². The molecule has 4 rings (SSSR count). The van der Waals surface area contributed by atoms with E-state index in [-0.39, 0.29) is 23.0 Å². The summed E-state index contributed by atoms with van der Waals surface area (Å²) in [6.07, 6.45) is 0. The zero-order chi connectivity index (χ0) is 20.1. The van der Waals surface area contributed by atoms with Crippen molar-refractivity contribution < 1.29 is 13.9 Å². The van der Waals surface area contributed by atoms with Gasteiger partial charge < -0.3 is 14.6 Å². The van der Waals surface area contributed by atoms with Gasteiger partial charge in [-0.2, -0.15) is 0 Å². The maximum Gasteiger partial charge on any atom is 0.266 e. The summed E-state index contributed by atoms with van der Waals surface area (Å²) in [5.41, 5.74) is 2.74. The van der Waals surface area contributed by atoms with Gasteiger partial charge in [0.15, 0.2) is 10.0 Å². The van der Waals surface area contributed by atoms with E-state index in [1.165, 1.54) is 11.3 Å². The van der Waals surface area contributed by atoms with Crippen LogP contribution in [0.3, 0.4) is 0 Å². The molecule has 0 bridgehead atoms. The van der Waals surface area contributed by atoms with Gasteiger partial charge in [-0.25, -0.2) is 8.99 Å². The lowest BCUT2D eigenvalue weighted by atomic mass is 9.94. The van der Waals surface area contributed by atoms with Crippen LogP contribution < -0.4 is 5.56 Å². The van der Waals surface area contributed by atoms with Gasteiger partial charge >= 0.3 is 0 Å². The summed E-state index contributed by atoms with van der Waals surface area (Å²) in [5, 5.41) is 14.0. The molecule has 4 N–H and O–H groups in total. The van der Waals surface area contributed by atoms with Crippen molar-refractivity contribution in [2.24, 2.45) is 0 Å². The second kappa shape index (κ2) is 6.73. The Morgan fingerprint density at radius 1 is 1.18 bits per heavy atom. The molecule has 0 aliphatic rings. The average Bonchev–Trinajstić information content (AvgIpc) is 3.11. The van der Waals surface area contributed by atoms with Crippen LogP contribution in [0.5, 0.6) is 5.75 Å². The zero-order valence-electron chi connectivity index (χ0n) is 14.9. The van der Waals surface area contributed by atoms with Gasteiger partial charge in [-0.15, -0.1) is 11.3 Å². The van der Waals surface area contributed by atoms with Crippen molar-refractivity contribution >= 4 is 42.3 Å². The first-order valence-corrected chi connectivity index (χ1v) is 11.2. The van der Waals surface area contributed by atoms with Crippen LogP contribution in [0.15, 0.2) is 52.6 Å². The minimum atomic E-state index is -3.56. The zero-order valence-corrected chi connectivity index (χ0v) is 16.6. The van der Waals surface area contributed by atoms with E-state index < -0.39 is 10.0 Å². The fourth-order valence-electron chi connectivity index (χ4n) is 3.54. The lowest BCUT2D eigenvalue weighted by molar-refractivity contribution is 0.478. The number of rotatable bonds is 4. The van der Waals surface area contributed by atoms with Crippen LogP contribution in [0.2, 0.25) is 0 Å². The second-order valence-electron chi connectivity index (χ2n) is 6.83. The normalized spacial score (nSPS) is 14.9. The fourth-order valence-corrected chi connectivity index (χ4v) is 5.21. The molecule has 0 amide bonds. The molecule has 0 aliphatic heterocycles. The van der Waals surface area contributed by atoms with Crippen LogP contribution in [0.25, 0.3) is 32.1 Å². The summed E-state index contributed by atoms with van der Waals surface area (Å²) in [6.45, 7) is 1.80. The predicted molar refractivity (Wildman–Crippen MR) is 114 cm³/mol. The van der Waals surface area contributed by atoms with Gasteiger partial charge in [0.25, 0.3) is 5.56 Å². The third-order valence-electron chi connectivity index (χ3n) is 4.82. The molecule has 4 aromatic rings. The van der Waals surface area contributed by atoms with Gasteiger partial charge in [-0.1, -0.05) is 31.2 Å². The molecule has 144 valence electrons. The Morgan fingerprint density at radius 2 is 1.89 bits per heavy atom. The number of fused-ring (bicyclic) bond motifs is 3. The number of pyridine rings is 1. The first-order valence-electron chi connectivity index (χ1n) is 8.59. The van der Waals surface area contributed by atoms with Gasteiger partial charge in [0.1, 0.15) is 10.4 Å². The molecule has 2 aromatic heterocycles. The van der Waals surface area contributed by atoms with Crippen LogP contribution in [-0.4, -0.2) is 24.6 Å². The van der Waals surface area contributed by atoms with Crippen molar-refractivity contribution in [3.8, 4) is 16.9 Å². The standard InChI is InChI=1S/C20H18N2O4S2/c1-11(10-28(21,25)26)12-2-4-13(5-3-12)17-16(23)7-6-15-18(17)14-8-9-27-19(14)20(24)22-15/h2-9,11,23H,10H2,1H3,(H,22,24)(H2,21,25,26). The maximum absolute atomic E-state index is 12.3. The Hall–Kier alpha value is -2.68. The summed E-state index contributed by atoms with van der Waals surface area (Å²) in [4.78, 5) is 15.1. The largest absolute Gasteiger partial charge is 0.507 e. The number of hydrogen-bond acceptors (Lipinski definition) is 5. The molecule has 2 atom stereocenters. The molecule has 2 unspecified atom stereocenters. The number of aromatic amines is 1. The number of thiophene rings is 1. The van der Waals surface area contributed by atoms with E-state index in [4.69, 9.17) is 4.78 Å². The molecule has 0 radical (unpaired) electrons. The Bertz CT molecular complexity index is 1350. The van der Waals surface area contributed by atoms with Crippen molar-refractivity contribution in [3.63, 3.8) is 0 Å². The van der Waals surface area contributed by atoms with Crippen LogP contribution in [0.4, 0.5) is 0 Å². The molecule has 2 heterocycles. The highest BCUT2D eigenvalue weighted by Gasteiger charge is 2.16. The van der Waals surface area contributed by atoms with Gasteiger partial charge in [0, 0.05) is 21.9 Å². The predicted octanol–water partition coefficient (Wildman–Crippen LogP) is 4.74. The topological polar surface area (TPSA) is 114 Å². The van der Waals surface area contributed by atoms with Crippen molar-refractivity contribution in [2.75, 3.05) is 5.75 Å². The van der Waals surface area contributed by atoms with Crippen LogP contribution >= 0.6 is 11.3 Å². The molecule has 0 fully saturated rings. The summed E-state index contributed by atoms with van der Waals surface area (Å²) < 4.78 is 28.4. The number of phenols is 1. The molecule has 0 saturated carbocycles. The van der Waals surface area contributed by atoms with Crippen molar-refractivity contribution in [1.29, 1.82) is 4.78 Å². The van der Waals surface area contributed by atoms with E-state index >= 15 is 0 Å². The molecular formula is C20H18N2O4S2. The summed E-state index contributed by atoms with van der Waals surface area (Å²) in [7, 11) is -3.56. The van der Waals surface area contributed by atoms with Crippen molar-refractivity contribution in [3.05, 3.63) is 63.8 Å². The molecule has 0 saturated heterocycles. The van der Waals surface area contributed by atoms with Crippen LogP contribution in [0.1, 0.15) is 18.4 Å². The molecule has 6 nitrogen and oxygen atoms in total. The number of H-pyrrole nitrogens is 1. The molecular weight excluding hydrogens is 396 g/mol. The third-order valence-corrected chi connectivity index (χ3v) is 6.68.